The van der Waals surface area contributed by atoms with Gasteiger partial charge in [-0.3, -0.25) is 14.5 Å². The Morgan fingerprint density at radius 1 is 1.00 bits per heavy atom. The molecule has 0 aromatic heterocycles. The molecule has 1 aliphatic carbocycles. The molecule has 0 spiro atoms. The molecule has 0 bridgehead atoms. The summed E-state index contributed by atoms with van der Waals surface area (Å²) >= 11 is 0. The van der Waals surface area contributed by atoms with Crippen LogP contribution in [-0.2, 0) is 22.4 Å². The van der Waals surface area contributed by atoms with Crippen molar-refractivity contribution in [1.29, 1.82) is 0 Å². The van der Waals surface area contributed by atoms with E-state index in [0.717, 1.165) is 12.0 Å². The van der Waals surface area contributed by atoms with Crippen LogP contribution in [0.15, 0.2) is 18.2 Å². The number of benzene rings is 1. The quantitative estimate of drug-likeness (QED) is 0.750. The SMILES string of the molecule is CCN(CC(=O)NC(C)C)CC(=O)N[C@@H](C)c1ccc2c(c1)CCCC2. The number of hydrogen-bond donors (Lipinski definition) is 2. The van der Waals surface area contributed by atoms with Crippen molar-refractivity contribution < 1.29 is 9.59 Å². The standard InChI is InChI=1S/C21H33N3O2/c1-5-24(13-20(25)22-15(2)3)14-21(26)23-16(4)18-11-10-17-8-6-7-9-19(17)12-18/h10-12,15-16H,5-9,13-14H2,1-4H3,(H,22,25)(H,23,26)/t16-/m0/s1. The molecule has 26 heavy (non-hydrogen) atoms. The molecule has 144 valence electrons. The predicted molar refractivity (Wildman–Crippen MR) is 105 cm³/mol. The second-order valence-corrected chi connectivity index (χ2v) is 7.55. The minimum Gasteiger partial charge on any atom is -0.353 e. The van der Waals surface area contributed by atoms with Gasteiger partial charge in [0.1, 0.15) is 0 Å². The molecule has 1 atom stereocenters. The van der Waals surface area contributed by atoms with Crippen LogP contribution < -0.4 is 10.6 Å². The summed E-state index contributed by atoms with van der Waals surface area (Å²) in [5.74, 6) is -0.0909. The van der Waals surface area contributed by atoms with Crippen LogP contribution >= 0.6 is 0 Å². The van der Waals surface area contributed by atoms with Crippen molar-refractivity contribution in [3.05, 3.63) is 34.9 Å². The van der Waals surface area contributed by atoms with Crippen molar-refractivity contribution in [2.45, 2.75) is 65.5 Å². The lowest BCUT2D eigenvalue weighted by atomic mass is 9.89. The minimum absolute atomic E-state index is 0.0297. The zero-order chi connectivity index (χ0) is 19.1. The summed E-state index contributed by atoms with van der Waals surface area (Å²) in [6.45, 7) is 8.98. The van der Waals surface area contributed by atoms with Gasteiger partial charge in [-0.15, -0.1) is 0 Å². The highest BCUT2D eigenvalue weighted by molar-refractivity contribution is 5.81. The van der Waals surface area contributed by atoms with Crippen molar-refractivity contribution in [1.82, 2.24) is 15.5 Å². The number of fused-ring (bicyclic) bond motifs is 1. The number of hydrogen-bond acceptors (Lipinski definition) is 3. The molecule has 0 saturated carbocycles. The highest BCUT2D eigenvalue weighted by Crippen LogP contribution is 2.24. The molecule has 0 fully saturated rings. The van der Waals surface area contributed by atoms with E-state index < -0.39 is 0 Å². The molecule has 0 saturated heterocycles. The minimum atomic E-state index is -0.0468. The van der Waals surface area contributed by atoms with Crippen LogP contribution in [0.1, 0.15) is 63.3 Å². The first-order valence-corrected chi connectivity index (χ1v) is 9.81. The Morgan fingerprint density at radius 3 is 2.23 bits per heavy atom. The third-order valence-electron chi connectivity index (χ3n) is 4.88. The smallest absolute Gasteiger partial charge is 0.234 e. The van der Waals surface area contributed by atoms with Crippen LogP contribution in [0, 0.1) is 0 Å². The first-order valence-electron chi connectivity index (χ1n) is 9.81. The molecule has 5 heteroatoms. The summed E-state index contributed by atoms with van der Waals surface area (Å²) < 4.78 is 0. The molecule has 0 unspecified atom stereocenters. The summed E-state index contributed by atoms with van der Waals surface area (Å²) in [6, 6.07) is 6.66. The number of carbonyl (C=O) groups excluding carboxylic acids is 2. The molecule has 2 N–H and O–H groups in total. The Bertz CT molecular complexity index is 628. The molecule has 5 nitrogen and oxygen atoms in total. The normalized spacial score (nSPS) is 14.8. The van der Waals surface area contributed by atoms with Gasteiger partial charge in [-0.25, -0.2) is 0 Å². The van der Waals surface area contributed by atoms with E-state index in [1.54, 1.807) is 0 Å². The zero-order valence-electron chi connectivity index (χ0n) is 16.6. The second kappa shape index (κ2) is 9.72. The number of aryl methyl sites for hydroxylation is 2. The Balaban J connectivity index is 1.88. The van der Waals surface area contributed by atoms with Crippen LogP contribution in [0.4, 0.5) is 0 Å². The van der Waals surface area contributed by atoms with Crippen molar-refractivity contribution >= 4 is 11.8 Å². The van der Waals surface area contributed by atoms with Gasteiger partial charge in [-0.1, -0.05) is 25.1 Å². The van der Waals surface area contributed by atoms with Crippen molar-refractivity contribution in [2.75, 3.05) is 19.6 Å². The Kier molecular flexibility index (Phi) is 7.64. The van der Waals surface area contributed by atoms with Gasteiger partial charge in [0, 0.05) is 6.04 Å². The maximum Gasteiger partial charge on any atom is 0.234 e. The van der Waals surface area contributed by atoms with Gasteiger partial charge in [0.2, 0.25) is 11.8 Å². The molecule has 1 aliphatic rings. The topological polar surface area (TPSA) is 61.4 Å². The third-order valence-corrected chi connectivity index (χ3v) is 4.88. The summed E-state index contributed by atoms with van der Waals surface area (Å²) in [4.78, 5) is 26.2. The van der Waals surface area contributed by atoms with Gasteiger partial charge in [0.15, 0.2) is 0 Å². The fraction of sp³-hybridized carbons (Fsp3) is 0.619. The number of rotatable bonds is 8. The van der Waals surface area contributed by atoms with Crippen LogP contribution in [0.25, 0.3) is 0 Å². The average Bonchev–Trinajstić information content (AvgIpc) is 2.59. The van der Waals surface area contributed by atoms with Gasteiger partial charge in [0.25, 0.3) is 0 Å². The van der Waals surface area contributed by atoms with E-state index in [-0.39, 0.29) is 37.0 Å². The van der Waals surface area contributed by atoms with Gasteiger partial charge in [-0.2, -0.15) is 0 Å². The van der Waals surface area contributed by atoms with Gasteiger partial charge in [0.05, 0.1) is 19.1 Å². The molecule has 0 heterocycles. The molecular formula is C21H33N3O2. The molecule has 1 aromatic carbocycles. The van der Waals surface area contributed by atoms with Gasteiger partial charge in [-0.05, 0) is 69.7 Å². The zero-order valence-corrected chi connectivity index (χ0v) is 16.6. The van der Waals surface area contributed by atoms with E-state index >= 15 is 0 Å². The van der Waals surface area contributed by atoms with Crippen LogP contribution in [0.5, 0.6) is 0 Å². The summed E-state index contributed by atoms with van der Waals surface area (Å²) in [7, 11) is 0. The van der Waals surface area contributed by atoms with Crippen LogP contribution in [0.2, 0.25) is 0 Å². The maximum absolute atomic E-state index is 12.4. The molecule has 2 amide bonds. The first kappa shape index (κ1) is 20.4. The van der Waals surface area contributed by atoms with Crippen LogP contribution in [0.3, 0.4) is 0 Å². The lowest BCUT2D eigenvalue weighted by Crippen LogP contribution is -2.44. The van der Waals surface area contributed by atoms with E-state index in [4.69, 9.17) is 0 Å². The lowest BCUT2D eigenvalue weighted by Gasteiger charge is -2.23. The predicted octanol–water partition coefficient (Wildman–Crippen LogP) is 2.59. The molecule has 1 aromatic rings. The number of carbonyl (C=O) groups is 2. The summed E-state index contributed by atoms with van der Waals surface area (Å²) in [5.41, 5.74) is 4.03. The molecule has 2 rings (SSSR count). The fourth-order valence-corrected chi connectivity index (χ4v) is 3.45. The van der Waals surface area contributed by atoms with Crippen molar-refractivity contribution in [3.63, 3.8) is 0 Å². The number of amides is 2. The second-order valence-electron chi connectivity index (χ2n) is 7.55. The van der Waals surface area contributed by atoms with Gasteiger partial charge < -0.3 is 10.6 Å². The fourth-order valence-electron chi connectivity index (χ4n) is 3.45. The molecular weight excluding hydrogens is 326 g/mol. The number of nitrogens with zero attached hydrogens (tertiary/aromatic N) is 1. The van der Waals surface area contributed by atoms with E-state index in [1.807, 2.05) is 32.6 Å². The number of likely N-dealkylation sites (N-methyl/N-ethyl adjacent to an activating group) is 1. The lowest BCUT2D eigenvalue weighted by molar-refractivity contribution is -0.125. The van der Waals surface area contributed by atoms with E-state index in [9.17, 15) is 9.59 Å². The highest BCUT2D eigenvalue weighted by Gasteiger charge is 2.17. The third kappa shape index (κ3) is 6.13. The largest absolute Gasteiger partial charge is 0.353 e. The van der Waals surface area contributed by atoms with E-state index in [1.165, 1.54) is 30.4 Å². The Hall–Kier alpha value is -1.88. The Labute approximate surface area is 157 Å². The summed E-state index contributed by atoms with van der Waals surface area (Å²) in [5, 5.41) is 5.93. The number of nitrogens with one attached hydrogen (secondary N) is 2. The Morgan fingerprint density at radius 2 is 1.62 bits per heavy atom. The van der Waals surface area contributed by atoms with Crippen molar-refractivity contribution in [2.24, 2.45) is 0 Å². The maximum atomic E-state index is 12.4. The summed E-state index contributed by atoms with van der Waals surface area (Å²) in [6.07, 6.45) is 4.83. The monoisotopic (exact) mass is 359 g/mol. The van der Waals surface area contributed by atoms with Crippen LogP contribution in [-0.4, -0.2) is 42.4 Å². The molecule has 0 aliphatic heterocycles. The average molecular weight is 360 g/mol. The first-order chi connectivity index (χ1) is 12.4. The highest BCUT2D eigenvalue weighted by atomic mass is 16.2. The van der Waals surface area contributed by atoms with Crippen molar-refractivity contribution in [3.8, 4) is 0 Å². The van der Waals surface area contributed by atoms with Gasteiger partial charge >= 0.3 is 0 Å². The van der Waals surface area contributed by atoms with E-state index in [0.29, 0.717) is 6.54 Å². The van der Waals surface area contributed by atoms with E-state index in [2.05, 4.69) is 28.8 Å². The molecule has 0 radical (unpaired) electrons.